The average Bonchev–Trinajstić information content (AvgIpc) is 2.76. The Morgan fingerprint density at radius 2 is 2.06 bits per heavy atom. The second kappa shape index (κ2) is 5.21. The lowest BCUT2D eigenvalue weighted by Gasteiger charge is -2.21. The molecule has 1 aromatic heterocycles. The fourth-order valence-electron chi connectivity index (χ4n) is 2.31. The molecule has 0 bridgehead atoms. The summed E-state index contributed by atoms with van der Waals surface area (Å²) in [6, 6.07) is 2.13. The summed E-state index contributed by atoms with van der Waals surface area (Å²) in [5, 5.41) is 7.58. The molecular weight excluding hydrogens is 212 g/mol. The van der Waals surface area contributed by atoms with E-state index in [0.29, 0.717) is 0 Å². The lowest BCUT2D eigenvalue weighted by atomic mass is 9.91. The highest BCUT2D eigenvalue weighted by atomic mass is 16.5. The number of aryl methyl sites for hydroxylation is 1. The quantitative estimate of drug-likeness (QED) is 0.877. The standard InChI is InChI=1S/C14H24N2O/c1-14(2,3)13-10-12(16-17-13)5-4-11-6-8-15-9-7-11/h10-11,15H,4-9H2,1-3H3. The smallest absolute Gasteiger partial charge is 0.142 e. The van der Waals surface area contributed by atoms with E-state index in [2.05, 4.69) is 37.3 Å². The van der Waals surface area contributed by atoms with Crippen molar-refractivity contribution in [3.63, 3.8) is 0 Å². The monoisotopic (exact) mass is 236 g/mol. The summed E-state index contributed by atoms with van der Waals surface area (Å²) in [4.78, 5) is 0. The van der Waals surface area contributed by atoms with Crippen LogP contribution in [0.3, 0.4) is 0 Å². The summed E-state index contributed by atoms with van der Waals surface area (Å²) in [6.07, 6.45) is 4.93. The summed E-state index contributed by atoms with van der Waals surface area (Å²) in [5.74, 6) is 1.86. The van der Waals surface area contributed by atoms with Crippen molar-refractivity contribution in [1.29, 1.82) is 0 Å². The van der Waals surface area contributed by atoms with Gasteiger partial charge in [0.2, 0.25) is 0 Å². The summed E-state index contributed by atoms with van der Waals surface area (Å²) in [5.41, 5.74) is 1.19. The predicted octanol–water partition coefficient (Wildman–Crippen LogP) is 2.90. The van der Waals surface area contributed by atoms with Crippen LogP contribution in [0.4, 0.5) is 0 Å². The molecule has 17 heavy (non-hydrogen) atoms. The summed E-state index contributed by atoms with van der Waals surface area (Å²) < 4.78 is 5.41. The van der Waals surface area contributed by atoms with Crippen LogP contribution >= 0.6 is 0 Å². The number of nitrogens with one attached hydrogen (secondary N) is 1. The molecule has 3 heteroatoms. The van der Waals surface area contributed by atoms with E-state index in [1.54, 1.807) is 0 Å². The van der Waals surface area contributed by atoms with Gasteiger partial charge in [-0.2, -0.15) is 0 Å². The van der Waals surface area contributed by atoms with Crippen LogP contribution in [0.2, 0.25) is 0 Å². The Morgan fingerprint density at radius 1 is 1.35 bits per heavy atom. The third-order valence-electron chi connectivity index (χ3n) is 3.57. The second-order valence-electron chi connectivity index (χ2n) is 6.16. The van der Waals surface area contributed by atoms with Crippen LogP contribution in [0.15, 0.2) is 10.6 Å². The van der Waals surface area contributed by atoms with Gasteiger partial charge in [-0.15, -0.1) is 0 Å². The zero-order valence-electron chi connectivity index (χ0n) is 11.3. The molecule has 1 aromatic rings. The van der Waals surface area contributed by atoms with E-state index in [1.165, 1.54) is 32.4 Å². The minimum absolute atomic E-state index is 0.0695. The first-order valence-corrected chi connectivity index (χ1v) is 6.72. The van der Waals surface area contributed by atoms with E-state index < -0.39 is 0 Å². The first-order chi connectivity index (χ1) is 8.05. The van der Waals surface area contributed by atoms with E-state index in [0.717, 1.165) is 23.8 Å². The Hall–Kier alpha value is -0.830. The van der Waals surface area contributed by atoms with Crippen LogP contribution in [0.5, 0.6) is 0 Å². The van der Waals surface area contributed by atoms with Crippen molar-refractivity contribution in [1.82, 2.24) is 10.5 Å². The van der Waals surface area contributed by atoms with Crippen molar-refractivity contribution in [2.75, 3.05) is 13.1 Å². The largest absolute Gasteiger partial charge is 0.361 e. The Kier molecular flexibility index (Phi) is 3.87. The Labute approximate surface area is 104 Å². The predicted molar refractivity (Wildman–Crippen MR) is 69.1 cm³/mol. The van der Waals surface area contributed by atoms with Crippen molar-refractivity contribution in [2.24, 2.45) is 5.92 Å². The molecule has 1 N–H and O–H groups in total. The summed E-state index contributed by atoms with van der Waals surface area (Å²) >= 11 is 0. The van der Waals surface area contributed by atoms with Crippen molar-refractivity contribution < 1.29 is 4.52 Å². The van der Waals surface area contributed by atoms with Gasteiger partial charge in [0.05, 0.1) is 5.69 Å². The average molecular weight is 236 g/mol. The van der Waals surface area contributed by atoms with Gasteiger partial charge in [-0.1, -0.05) is 25.9 Å². The molecule has 0 radical (unpaired) electrons. The number of nitrogens with zero attached hydrogens (tertiary/aromatic N) is 1. The molecule has 0 unspecified atom stereocenters. The van der Waals surface area contributed by atoms with Gasteiger partial charge in [0, 0.05) is 11.5 Å². The molecule has 3 nitrogen and oxygen atoms in total. The highest BCUT2D eigenvalue weighted by Crippen LogP contribution is 2.24. The maximum absolute atomic E-state index is 5.41. The number of aromatic nitrogens is 1. The van der Waals surface area contributed by atoms with Gasteiger partial charge < -0.3 is 9.84 Å². The van der Waals surface area contributed by atoms with Crippen LogP contribution < -0.4 is 5.32 Å². The van der Waals surface area contributed by atoms with Crippen LogP contribution in [-0.2, 0) is 11.8 Å². The van der Waals surface area contributed by atoms with Crippen LogP contribution in [0, 0.1) is 5.92 Å². The molecule has 0 atom stereocenters. The summed E-state index contributed by atoms with van der Waals surface area (Å²) in [6.45, 7) is 8.83. The lowest BCUT2D eigenvalue weighted by Crippen LogP contribution is -2.27. The first-order valence-electron chi connectivity index (χ1n) is 6.72. The van der Waals surface area contributed by atoms with E-state index >= 15 is 0 Å². The highest BCUT2D eigenvalue weighted by molar-refractivity contribution is 5.13. The molecule has 1 saturated heterocycles. The first kappa shape index (κ1) is 12.6. The van der Waals surface area contributed by atoms with E-state index in [4.69, 9.17) is 4.52 Å². The van der Waals surface area contributed by atoms with Crippen LogP contribution in [0.1, 0.15) is 51.5 Å². The molecule has 0 saturated carbocycles. The molecule has 1 aliphatic heterocycles. The van der Waals surface area contributed by atoms with Crippen molar-refractivity contribution in [3.05, 3.63) is 17.5 Å². The lowest BCUT2D eigenvalue weighted by molar-refractivity contribution is 0.320. The Morgan fingerprint density at radius 3 is 2.65 bits per heavy atom. The minimum atomic E-state index is 0.0695. The molecular formula is C14H24N2O. The zero-order chi connectivity index (χ0) is 12.3. The minimum Gasteiger partial charge on any atom is -0.361 e. The molecule has 0 amide bonds. The summed E-state index contributed by atoms with van der Waals surface area (Å²) in [7, 11) is 0. The molecule has 2 rings (SSSR count). The van der Waals surface area contributed by atoms with Gasteiger partial charge in [0.25, 0.3) is 0 Å². The number of hydrogen-bond donors (Lipinski definition) is 1. The molecule has 2 heterocycles. The van der Waals surface area contributed by atoms with Gasteiger partial charge in [0.15, 0.2) is 0 Å². The number of piperidine rings is 1. The highest BCUT2D eigenvalue weighted by Gasteiger charge is 2.20. The van der Waals surface area contributed by atoms with Crippen molar-refractivity contribution in [3.8, 4) is 0 Å². The molecule has 0 aliphatic carbocycles. The van der Waals surface area contributed by atoms with Crippen LogP contribution in [0.25, 0.3) is 0 Å². The molecule has 1 fully saturated rings. The van der Waals surface area contributed by atoms with E-state index in [1.807, 2.05) is 0 Å². The van der Waals surface area contributed by atoms with Gasteiger partial charge in [0.1, 0.15) is 5.76 Å². The van der Waals surface area contributed by atoms with Gasteiger partial charge >= 0.3 is 0 Å². The fourth-order valence-corrected chi connectivity index (χ4v) is 2.31. The third kappa shape index (κ3) is 3.56. The zero-order valence-corrected chi connectivity index (χ0v) is 11.3. The normalized spacial score (nSPS) is 18.5. The van der Waals surface area contributed by atoms with Gasteiger partial charge in [-0.05, 0) is 44.7 Å². The second-order valence-corrected chi connectivity index (χ2v) is 6.16. The van der Waals surface area contributed by atoms with Crippen molar-refractivity contribution in [2.45, 2.75) is 51.9 Å². The maximum Gasteiger partial charge on any atom is 0.142 e. The molecule has 0 spiro atoms. The van der Waals surface area contributed by atoms with Gasteiger partial charge in [-0.25, -0.2) is 0 Å². The van der Waals surface area contributed by atoms with E-state index in [9.17, 15) is 0 Å². The van der Waals surface area contributed by atoms with Gasteiger partial charge in [-0.3, -0.25) is 0 Å². The topological polar surface area (TPSA) is 38.1 Å². The number of rotatable bonds is 3. The Balaban J connectivity index is 1.84. The number of hydrogen-bond acceptors (Lipinski definition) is 3. The fraction of sp³-hybridized carbons (Fsp3) is 0.786. The Bertz CT molecular complexity index is 345. The molecule has 1 aliphatic rings. The molecule has 0 aromatic carbocycles. The van der Waals surface area contributed by atoms with Crippen LogP contribution in [-0.4, -0.2) is 18.2 Å². The van der Waals surface area contributed by atoms with Crippen molar-refractivity contribution >= 4 is 0 Å². The maximum atomic E-state index is 5.41. The SMILES string of the molecule is CC(C)(C)c1cc(CCC2CCNCC2)no1. The molecule has 96 valence electrons. The third-order valence-corrected chi connectivity index (χ3v) is 3.57. The van der Waals surface area contributed by atoms with E-state index in [-0.39, 0.29) is 5.41 Å².